The SMILES string of the molecule is FC(F)Sc1ccccc1Nc1ccc(Cl)cn1. The van der Waals surface area contributed by atoms with Gasteiger partial charge in [0, 0.05) is 11.1 Å². The average molecular weight is 287 g/mol. The van der Waals surface area contributed by atoms with E-state index < -0.39 is 5.76 Å². The van der Waals surface area contributed by atoms with Crippen molar-refractivity contribution in [1.29, 1.82) is 0 Å². The van der Waals surface area contributed by atoms with E-state index in [9.17, 15) is 8.78 Å². The van der Waals surface area contributed by atoms with Crippen molar-refractivity contribution in [2.75, 3.05) is 5.32 Å². The normalized spacial score (nSPS) is 10.7. The molecule has 0 bridgehead atoms. The van der Waals surface area contributed by atoms with Gasteiger partial charge in [-0.05, 0) is 24.3 Å². The van der Waals surface area contributed by atoms with E-state index in [1.54, 1.807) is 36.4 Å². The number of benzene rings is 1. The number of nitrogens with zero attached hydrogens (tertiary/aromatic N) is 1. The van der Waals surface area contributed by atoms with Crippen molar-refractivity contribution >= 4 is 34.9 Å². The summed E-state index contributed by atoms with van der Waals surface area (Å²) >= 11 is 6.22. The number of hydrogen-bond donors (Lipinski definition) is 1. The van der Waals surface area contributed by atoms with Gasteiger partial charge in [0.25, 0.3) is 5.76 Å². The molecule has 1 N–H and O–H groups in total. The molecule has 1 aromatic carbocycles. The fourth-order valence-electron chi connectivity index (χ4n) is 1.36. The van der Waals surface area contributed by atoms with E-state index >= 15 is 0 Å². The second kappa shape index (κ2) is 6.02. The maximum Gasteiger partial charge on any atom is 0.288 e. The van der Waals surface area contributed by atoms with Crippen LogP contribution in [0.5, 0.6) is 0 Å². The molecule has 0 unspecified atom stereocenters. The number of thioether (sulfide) groups is 1. The lowest BCUT2D eigenvalue weighted by molar-refractivity contribution is 0.252. The first-order valence-corrected chi connectivity index (χ1v) is 6.33. The molecule has 0 aliphatic rings. The van der Waals surface area contributed by atoms with Crippen molar-refractivity contribution in [3.05, 3.63) is 47.6 Å². The fourth-order valence-corrected chi connectivity index (χ4v) is 2.06. The highest BCUT2D eigenvalue weighted by Gasteiger charge is 2.09. The molecule has 1 aromatic heterocycles. The topological polar surface area (TPSA) is 24.9 Å². The number of alkyl halides is 2. The van der Waals surface area contributed by atoms with Gasteiger partial charge >= 0.3 is 0 Å². The molecule has 0 spiro atoms. The van der Waals surface area contributed by atoms with Gasteiger partial charge in [0.15, 0.2) is 0 Å². The van der Waals surface area contributed by atoms with Crippen LogP contribution in [0.3, 0.4) is 0 Å². The third kappa shape index (κ3) is 3.58. The predicted octanol–water partition coefficient (Wildman–Crippen LogP) is 4.79. The smallest absolute Gasteiger partial charge is 0.288 e. The first-order valence-electron chi connectivity index (χ1n) is 5.07. The highest BCUT2D eigenvalue weighted by Crippen LogP contribution is 2.32. The van der Waals surface area contributed by atoms with Crippen LogP contribution >= 0.6 is 23.4 Å². The Labute approximate surface area is 112 Å². The number of hydrogen-bond acceptors (Lipinski definition) is 3. The van der Waals surface area contributed by atoms with Crippen molar-refractivity contribution in [3.8, 4) is 0 Å². The summed E-state index contributed by atoms with van der Waals surface area (Å²) in [5.41, 5.74) is 0.595. The molecule has 0 atom stereocenters. The van der Waals surface area contributed by atoms with Crippen LogP contribution in [-0.4, -0.2) is 10.7 Å². The van der Waals surface area contributed by atoms with Crippen molar-refractivity contribution in [2.45, 2.75) is 10.7 Å². The van der Waals surface area contributed by atoms with E-state index in [2.05, 4.69) is 10.3 Å². The molecule has 0 fully saturated rings. The van der Waals surface area contributed by atoms with E-state index in [1.165, 1.54) is 6.20 Å². The number of pyridine rings is 1. The predicted molar refractivity (Wildman–Crippen MR) is 70.8 cm³/mol. The standard InChI is InChI=1S/C12H9ClF2N2S/c13-8-5-6-11(16-7-8)17-9-3-1-2-4-10(9)18-12(14)15/h1-7,12H,(H,16,17). The van der Waals surface area contributed by atoms with E-state index in [4.69, 9.17) is 11.6 Å². The summed E-state index contributed by atoms with van der Waals surface area (Å²) in [5.74, 6) is -1.90. The Morgan fingerprint density at radius 2 is 1.94 bits per heavy atom. The second-order valence-electron chi connectivity index (χ2n) is 3.36. The van der Waals surface area contributed by atoms with Crippen LogP contribution in [0.2, 0.25) is 5.02 Å². The highest BCUT2D eigenvalue weighted by molar-refractivity contribution is 7.99. The van der Waals surface area contributed by atoms with Gasteiger partial charge in [-0.3, -0.25) is 0 Å². The molecule has 2 nitrogen and oxygen atoms in total. The summed E-state index contributed by atoms with van der Waals surface area (Å²) in [5, 5.41) is 3.51. The van der Waals surface area contributed by atoms with Crippen LogP contribution < -0.4 is 5.32 Å². The van der Waals surface area contributed by atoms with Crippen LogP contribution in [0.4, 0.5) is 20.3 Å². The number of nitrogens with one attached hydrogen (secondary N) is 1. The van der Waals surface area contributed by atoms with E-state index in [-0.39, 0.29) is 0 Å². The molecule has 0 radical (unpaired) electrons. The van der Waals surface area contributed by atoms with Gasteiger partial charge in [-0.1, -0.05) is 35.5 Å². The molecule has 6 heteroatoms. The van der Waals surface area contributed by atoms with Gasteiger partial charge in [-0.2, -0.15) is 8.78 Å². The van der Waals surface area contributed by atoms with Crippen LogP contribution in [0, 0.1) is 0 Å². The van der Waals surface area contributed by atoms with Crippen molar-refractivity contribution in [2.24, 2.45) is 0 Å². The average Bonchev–Trinajstić information content (AvgIpc) is 2.34. The summed E-state index contributed by atoms with van der Waals surface area (Å²) in [6.45, 7) is 0. The molecular weight excluding hydrogens is 278 g/mol. The zero-order chi connectivity index (χ0) is 13.0. The molecule has 2 aromatic rings. The molecule has 0 saturated carbocycles. The number of para-hydroxylation sites is 1. The zero-order valence-corrected chi connectivity index (χ0v) is 10.7. The van der Waals surface area contributed by atoms with Crippen LogP contribution in [-0.2, 0) is 0 Å². The van der Waals surface area contributed by atoms with Gasteiger partial charge in [0.1, 0.15) is 5.82 Å². The fraction of sp³-hybridized carbons (Fsp3) is 0.0833. The summed E-state index contributed by atoms with van der Waals surface area (Å²) in [6.07, 6.45) is 1.49. The molecule has 0 saturated heterocycles. The Bertz CT molecular complexity index is 520. The zero-order valence-electron chi connectivity index (χ0n) is 9.11. The van der Waals surface area contributed by atoms with Crippen molar-refractivity contribution < 1.29 is 8.78 Å². The Morgan fingerprint density at radius 3 is 2.61 bits per heavy atom. The minimum absolute atomic E-state index is 0.476. The van der Waals surface area contributed by atoms with Crippen molar-refractivity contribution in [3.63, 3.8) is 0 Å². The monoisotopic (exact) mass is 286 g/mol. The largest absolute Gasteiger partial charge is 0.339 e. The molecule has 18 heavy (non-hydrogen) atoms. The van der Waals surface area contributed by atoms with E-state index in [0.29, 0.717) is 33.2 Å². The third-order valence-corrected chi connectivity index (χ3v) is 3.10. The van der Waals surface area contributed by atoms with Gasteiger partial charge in [0.2, 0.25) is 0 Å². The number of halogens is 3. The summed E-state index contributed by atoms with van der Waals surface area (Å²) in [6, 6.07) is 10.2. The Morgan fingerprint density at radius 1 is 1.17 bits per heavy atom. The van der Waals surface area contributed by atoms with Gasteiger partial charge in [0.05, 0.1) is 10.7 Å². The lowest BCUT2D eigenvalue weighted by Crippen LogP contribution is -1.95. The van der Waals surface area contributed by atoms with E-state index in [1.807, 2.05) is 0 Å². The first-order chi connectivity index (χ1) is 8.65. The van der Waals surface area contributed by atoms with Gasteiger partial charge in [-0.15, -0.1) is 0 Å². The molecule has 0 amide bonds. The Kier molecular flexibility index (Phi) is 4.38. The van der Waals surface area contributed by atoms with Crippen molar-refractivity contribution in [1.82, 2.24) is 4.98 Å². The molecule has 1 heterocycles. The van der Waals surface area contributed by atoms with E-state index in [0.717, 1.165) is 0 Å². The minimum atomic E-state index is -2.45. The molecule has 2 rings (SSSR count). The van der Waals surface area contributed by atoms with Gasteiger partial charge in [-0.25, -0.2) is 4.98 Å². The number of rotatable bonds is 4. The highest BCUT2D eigenvalue weighted by atomic mass is 35.5. The third-order valence-electron chi connectivity index (χ3n) is 2.09. The summed E-state index contributed by atoms with van der Waals surface area (Å²) < 4.78 is 24.8. The minimum Gasteiger partial charge on any atom is -0.339 e. The Hall–Kier alpha value is -1.33. The van der Waals surface area contributed by atoms with Gasteiger partial charge < -0.3 is 5.32 Å². The molecule has 94 valence electrons. The molecular formula is C12H9ClF2N2S. The molecule has 0 aliphatic carbocycles. The van der Waals surface area contributed by atoms with Crippen LogP contribution in [0.1, 0.15) is 0 Å². The quantitative estimate of drug-likeness (QED) is 0.818. The lowest BCUT2D eigenvalue weighted by Gasteiger charge is -2.10. The number of aromatic nitrogens is 1. The maximum atomic E-state index is 12.4. The maximum absolute atomic E-state index is 12.4. The lowest BCUT2D eigenvalue weighted by atomic mass is 10.3. The van der Waals surface area contributed by atoms with Crippen LogP contribution in [0.15, 0.2) is 47.5 Å². The summed E-state index contributed by atoms with van der Waals surface area (Å²) in [7, 11) is 0. The summed E-state index contributed by atoms with van der Waals surface area (Å²) in [4.78, 5) is 4.53. The Balaban J connectivity index is 2.20. The molecule has 0 aliphatic heterocycles. The first kappa shape index (κ1) is 13.1. The second-order valence-corrected chi connectivity index (χ2v) is 4.83. The van der Waals surface area contributed by atoms with Crippen LogP contribution in [0.25, 0.3) is 0 Å². The number of anilines is 2.